The Labute approximate surface area is 134 Å². The van der Waals surface area contributed by atoms with Gasteiger partial charge in [0, 0.05) is 24.7 Å². The van der Waals surface area contributed by atoms with Crippen LogP contribution in [0, 0.1) is 11.8 Å². The number of aliphatic hydroxyl groups excluding tert-OH is 1. The van der Waals surface area contributed by atoms with Crippen molar-refractivity contribution in [2.24, 2.45) is 0 Å². The second-order valence-corrected chi connectivity index (χ2v) is 4.74. The zero-order valence-electron chi connectivity index (χ0n) is 12.8. The van der Waals surface area contributed by atoms with Crippen LogP contribution in [0.1, 0.15) is 28.8 Å². The molecule has 0 aromatic heterocycles. The summed E-state index contributed by atoms with van der Waals surface area (Å²) in [5.41, 5.74) is 2.69. The Balaban J connectivity index is 2.59. The van der Waals surface area contributed by atoms with E-state index >= 15 is 0 Å². The molecular weight excluding hydrogens is 300 g/mol. The number of hydrogen-bond donors (Lipinski definition) is 4. The Kier molecular flexibility index (Phi) is 8.39. The standard InChI is InChI=1S/C16H20N2O5/c1-23-10-2-3-12-4-6-13(7-5-12)16(21)17-14(11-19)8-9-15(20)18-22/h4-7,14,19,22H,8-11H2,1H3,(H,17,21)(H,18,20). The topological polar surface area (TPSA) is 108 Å². The molecule has 124 valence electrons. The zero-order valence-corrected chi connectivity index (χ0v) is 12.8. The molecule has 1 atom stereocenters. The molecule has 0 bridgehead atoms. The van der Waals surface area contributed by atoms with Crippen molar-refractivity contribution in [1.82, 2.24) is 10.8 Å². The fourth-order valence-electron chi connectivity index (χ4n) is 1.75. The van der Waals surface area contributed by atoms with Crippen molar-refractivity contribution in [3.05, 3.63) is 35.4 Å². The van der Waals surface area contributed by atoms with Crippen molar-refractivity contribution in [3.63, 3.8) is 0 Å². The Morgan fingerprint density at radius 2 is 2.00 bits per heavy atom. The van der Waals surface area contributed by atoms with E-state index in [0.29, 0.717) is 12.2 Å². The van der Waals surface area contributed by atoms with Gasteiger partial charge in [0.15, 0.2) is 0 Å². The van der Waals surface area contributed by atoms with Crippen LogP contribution >= 0.6 is 0 Å². The minimum atomic E-state index is -0.573. The summed E-state index contributed by atoms with van der Waals surface area (Å²) in [5.74, 6) is 4.77. The third-order valence-corrected chi connectivity index (χ3v) is 3.00. The van der Waals surface area contributed by atoms with E-state index in [4.69, 9.17) is 9.94 Å². The van der Waals surface area contributed by atoms with Gasteiger partial charge >= 0.3 is 0 Å². The van der Waals surface area contributed by atoms with Crippen LogP contribution in [0.5, 0.6) is 0 Å². The fourth-order valence-corrected chi connectivity index (χ4v) is 1.75. The van der Waals surface area contributed by atoms with Crippen molar-refractivity contribution in [2.75, 3.05) is 20.3 Å². The Morgan fingerprint density at radius 3 is 2.57 bits per heavy atom. The van der Waals surface area contributed by atoms with E-state index in [0.717, 1.165) is 5.56 Å². The summed E-state index contributed by atoms with van der Waals surface area (Å²) in [6.45, 7) is 0.0346. The van der Waals surface area contributed by atoms with Crippen LogP contribution in [0.2, 0.25) is 0 Å². The first-order valence-electron chi connectivity index (χ1n) is 7.03. The summed E-state index contributed by atoms with van der Waals surface area (Å²) in [6, 6.07) is 6.11. The highest BCUT2D eigenvalue weighted by molar-refractivity contribution is 5.94. The maximum atomic E-state index is 12.1. The lowest BCUT2D eigenvalue weighted by atomic mass is 10.1. The van der Waals surface area contributed by atoms with Crippen LogP contribution < -0.4 is 10.8 Å². The number of hydrogen-bond acceptors (Lipinski definition) is 5. The number of hydroxylamine groups is 1. The van der Waals surface area contributed by atoms with E-state index in [1.54, 1.807) is 31.4 Å². The van der Waals surface area contributed by atoms with Gasteiger partial charge in [-0.15, -0.1) is 0 Å². The van der Waals surface area contributed by atoms with Gasteiger partial charge in [0.2, 0.25) is 5.91 Å². The monoisotopic (exact) mass is 320 g/mol. The van der Waals surface area contributed by atoms with Crippen LogP contribution in [0.4, 0.5) is 0 Å². The molecule has 0 aliphatic carbocycles. The molecule has 0 aliphatic rings. The van der Waals surface area contributed by atoms with E-state index < -0.39 is 11.9 Å². The largest absolute Gasteiger partial charge is 0.394 e. The molecule has 0 saturated heterocycles. The van der Waals surface area contributed by atoms with Gasteiger partial charge in [0.05, 0.1) is 12.6 Å². The van der Waals surface area contributed by atoms with Crippen molar-refractivity contribution in [2.45, 2.75) is 18.9 Å². The summed E-state index contributed by atoms with van der Waals surface area (Å²) in [4.78, 5) is 23.0. The van der Waals surface area contributed by atoms with Crippen LogP contribution in [0.15, 0.2) is 24.3 Å². The number of aliphatic hydroxyl groups is 1. The number of rotatable bonds is 7. The molecule has 0 saturated carbocycles. The molecule has 4 N–H and O–H groups in total. The molecule has 1 unspecified atom stereocenters. The molecule has 0 radical (unpaired) electrons. The summed E-state index contributed by atoms with van der Waals surface area (Å²) in [7, 11) is 1.56. The van der Waals surface area contributed by atoms with Gasteiger partial charge in [-0.2, -0.15) is 0 Å². The lowest BCUT2D eigenvalue weighted by molar-refractivity contribution is -0.129. The van der Waals surface area contributed by atoms with E-state index in [1.807, 2.05) is 0 Å². The maximum Gasteiger partial charge on any atom is 0.251 e. The quantitative estimate of drug-likeness (QED) is 0.323. The molecule has 0 spiro atoms. The Hall–Kier alpha value is -2.40. The zero-order chi connectivity index (χ0) is 17.1. The first-order chi connectivity index (χ1) is 11.1. The maximum absolute atomic E-state index is 12.1. The fraction of sp³-hybridized carbons (Fsp3) is 0.375. The van der Waals surface area contributed by atoms with Gasteiger partial charge in [-0.1, -0.05) is 11.8 Å². The Morgan fingerprint density at radius 1 is 1.30 bits per heavy atom. The third-order valence-electron chi connectivity index (χ3n) is 3.00. The van der Waals surface area contributed by atoms with E-state index in [2.05, 4.69) is 17.2 Å². The summed E-state index contributed by atoms with van der Waals surface area (Å²) >= 11 is 0. The van der Waals surface area contributed by atoms with Gasteiger partial charge in [-0.25, -0.2) is 5.48 Å². The molecule has 7 nitrogen and oxygen atoms in total. The lowest BCUT2D eigenvalue weighted by Gasteiger charge is -2.15. The molecule has 23 heavy (non-hydrogen) atoms. The highest BCUT2D eigenvalue weighted by Gasteiger charge is 2.14. The van der Waals surface area contributed by atoms with Crippen LogP contribution in [0.3, 0.4) is 0 Å². The van der Waals surface area contributed by atoms with E-state index in [1.165, 1.54) is 5.48 Å². The predicted molar refractivity (Wildman–Crippen MR) is 82.7 cm³/mol. The minimum Gasteiger partial charge on any atom is -0.394 e. The average molecular weight is 320 g/mol. The van der Waals surface area contributed by atoms with Crippen LogP contribution in [-0.2, 0) is 9.53 Å². The van der Waals surface area contributed by atoms with E-state index in [-0.39, 0.29) is 25.4 Å². The van der Waals surface area contributed by atoms with Crippen molar-refractivity contribution >= 4 is 11.8 Å². The van der Waals surface area contributed by atoms with Crippen LogP contribution in [-0.4, -0.2) is 48.5 Å². The SMILES string of the molecule is COCC#Cc1ccc(C(=O)NC(CO)CCC(=O)NO)cc1. The number of ether oxygens (including phenoxy) is 1. The molecular formula is C16H20N2O5. The first-order valence-corrected chi connectivity index (χ1v) is 7.03. The van der Waals surface area contributed by atoms with Crippen molar-refractivity contribution < 1.29 is 24.6 Å². The van der Waals surface area contributed by atoms with Crippen molar-refractivity contribution in [3.8, 4) is 11.8 Å². The molecule has 7 heteroatoms. The first kappa shape index (κ1) is 18.6. The molecule has 0 heterocycles. The number of carbonyl (C=O) groups excluding carboxylic acids is 2. The normalized spacial score (nSPS) is 11.1. The second-order valence-electron chi connectivity index (χ2n) is 4.74. The highest BCUT2D eigenvalue weighted by atomic mass is 16.5. The number of amides is 2. The number of methoxy groups -OCH3 is 1. The number of carbonyl (C=O) groups is 2. The molecule has 0 fully saturated rings. The second kappa shape index (κ2) is 10.3. The van der Waals surface area contributed by atoms with Crippen LogP contribution in [0.25, 0.3) is 0 Å². The summed E-state index contributed by atoms with van der Waals surface area (Å²) < 4.78 is 4.82. The highest BCUT2D eigenvalue weighted by Crippen LogP contribution is 2.05. The average Bonchev–Trinajstić information content (AvgIpc) is 2.58. The van der Waals surface area contributed by atoms with Gasteiger partial charge in [-0.3, -0.25) is 14.8 Å². The van der Waals surface area contributed by atoms with E-state index in [9.17, 15) is 14.7 Å². The third kappa shape index (κ3) is 6.93. The molecule has 2 amide bonds. The van der Waals surface area contributed by atoms with Gasteiger partial charge < -0.3 is 15.2 Å². The molecule has 1 rings (SSSR count). The van der Waals surface area contributed by atoms with Gasteiger partial charge in [0.25, 0.3) is 5.91 Å². The molecule has 0 aliphatic heterocycles. The smallest absolute Gasteiger partial charge is 0.251 e. The minimum absolute atomic E-state index is 0.00394. The summed E-state index contributed by atoms with van der Waals surface area (Å²) in [6.07, 6.45) is 0.214. The lowest BCUT2D eigenvalue weighted by Crippen LogP contribution is -2.38. The predicted octanol–water partition coefficient (Wildman–Crippen LogP) is 0.0608. The Bertz CT molecular complexity index is 574. The van der Waals surface area contributed by atoms with Crippen molar-refractivity contribution in [1.29, 1.82) is 0 Å². The number of benzene rings is 1. The molecule has 1 aromatic carbocycles. The molecule has 1 aromatic rings. The summed E-state index contributed by atoms with van der Waals surface area (Å²) in [5, 5.41) is 20.3. The van der Waals surface area contributed by atoms with Gasteiger partial charge in [0.1, 0.15) is 6.61 Å². The van der Waals surface area contributed by atoms with Gasteiger partial charge in [-0.05, 0) is 30.7 Å². The number of nitrogens with one attached hydrogen (secondary N) is 2.